The first kappa shape index (κ1) is 27.4. The highest BCUT2D eigenvalue weighted by molar-refractivity contribution is 7.92. The number of nitrogens with zero attached hydrogens (tertiary/aromatic N) is 1. The lowest BCUT2D eigenvalue weighted by Gasteiger charge is -2.50. The Bertz CT molecular complexity index is 1650. The van der Waals surface area contributed by atoms with E-state index in [4.69, 9.17) is 5.73 Å². The molecular formula is C27H27N3O9S. The average molecular weight is 570 g/mol. The number of aliphatic hydroxyl groups excluding tert-OH is 2. The molecule has 40 heavy (non-hydrogen) atoms. The van der Waals surface area contributed by atoms with Crippen molar-refractivity contribution in [3.8, 4) is 5.75 Å². The van der Waals surface area contributed by atoms with Gasteiger partial charge in [0.1, 0.15) is 17.1 Å². The van der Waals surface area contributed by atoms with E-state index in [1.54, 1.807) is 6.07 Å². The van der Waals surface area contributed by atoms with Gasteiger partial charge in [0.15, 0.2) is 17.1 Å². The lowest BCUT2D eigenvalue weighted by Crippen LogP contribution is -2.65. The maximum absolute atomic E-state index is 13.9. The lowest BCUT2D eigenvalue weighted by molar-refractivity contribution is -0.153. The monoisotopic (exact) mass is 569 g/mol. The molecule has 1 saturated carbocycles. The molecule has 4 atom stereocenters. The SMILES string of the molecule is CN(C)C1C(=O)C(C(N)=O)=C(O)C2(O)C(=O)C3=C(O)c4c(ccc(NS(=O)(=O)c5ccccc5)c4O)CC3CC12. The summed E-state index contributed by atoms with van der Waals surface area (Å²) in [5.74, 6) is -7.76. The van der Waals surface area contributed by atoms with Gasteiger partial charge in [0, 0.05) is 11.5 Å². The van der Waals surface area contributed by atoms with Gasteiger partial charge in [0.25, 0.3) is 15.9 Å². The first-order chi connectivity index (χ1) is 18.7. The standard InChI is InChI=1S/C27H27N3O9S/c1-30(2)20-15-11-13-10-12-8-9-16(29-40(38,39)14-6-4-3-5-7-14)21(31)17(12)22(32)18(13)24(34)27(15,37)25(35)19(23(20)33)26(28)36/h3-9,13,15,20,29,31-32,35,37H,10-11H2,1-2H3,(H2,28,36). The second-order valence-corrected chi connectivity index (χ2v) is 12.1. The first-order valence-electron chi connectivity index (χ1n) is 12.3. The van der Waals surface area contributed by atoms with Gasteiger partial charge < -0.3 is 26.2 Å². The zero-order valence-corrected chi connectivity index (χ0v) is 22.3. The van der Waals surface area contributed by atoms with Crippen molar-refractivity contribution < 1.29 is 43.2 Å². The molecule has 13 heteroatoms. The number of aliphatic hydroxyl groups is 3. The van der Waals surface area contributed by atoms with Crippen molar-refractivity contribution in [3.63, 3.8) is 0 Å². The Hall–Kier alpha value is -4.20. The summed E-state index contributed by atoms with van der Waals surface area (Å²) in [4.78, 5) is 40.4. The number of carbonyl (C=O) groups is 3. The van der Waals surface area contributed by atoms with Crippen molar-refractivity contribution >= 4 is 38.9 Å². The van der Waals surface area contributed by atoms with Crippen LogP contribution in [0.1, 0.15) is 17.5 Å². The minimum absolute atomic E-state index is 0.0467. The van der Waals surface area contributed by atoms with Crippen LogP contribution in [0.4, 0.5) is 5.69 Å². The molecule has 1 fully saturated rings. The summed E-state index contributed by atoms with van der Waals surface area (Å²) in [7, 11) is -1.08. The normalized spacial score (nSPS) is 26.4. The van der Waals surface area contributed by atoms with Crippen LogP contribution in [0.25, 0.3) is 5.76 Å². The summed E-state index contributed by atoms with van der Waals surface area (Å²) in [6.45, 7) is 0. The van der Waals surface area contributed by atoms with Crippen LogP contribution in [0.15, 0.2) is 64.3 Å². The molecule has 0 aliphatic heterocycles. The molecule has 2 aromatic rings. The van der Waals surface area contributed by atoms with Crippen LogP contribution in [0, 0.1) is 11.8 Å². The van der Waals surface area contributed by atoms with E-state index in [-0.39, 0.29) is 34.6 Å². The fraction of sp³-hybridized carbons (Fsp3) is 0.296. The summed E-state index contributed by atoms with van der Waals surface area (Å²) in [6, 6.07) is 9.04. The molecule has 3 aliphatic rings. The van der Waals surface area contributed by atoms with Gasteiger partial charge in [-0.2, -0.15) is 0 Å². The molecule has 210 valence electrons. The molecule has 5 rings (SSSR count). The maximum Gasteiger partial charge on any atom is 0.262 e. The number of carbonyl (C=O) groups excluding carboxylic acids is 3. The van der Waals surface area contributed by atoms with Gasteiger partial charge in [-0.15, -0.1) is 0 Å². The Morgan fingerprint density at radius 2 is 1.73 bits per heavy atom. The predicted octanol–water partition coefficient (Wildman–Crippen LogP) is 0.765. The van der Waals surface area contributed by atoms with Gasteiger partial charge >= 0.3 is 0 Å². The second-order valence-electron chi connectivity index (χ2n) is 10.4. The molecule has 7 N–H and O–H groups in total. The largest absolute Gasteiger partial charge is 0.508 e. The number of ketones is 2. The highest BCUT2D eigenvalue weighted by Crippen LogP contribution is 2.53. The fourth-order valence-electron chi connectivity index (χ4n) is 6.10. The quantitative estimate of drug-likeness (QED) is 0.220. The number of hydrogen-bond donors (Lipinski definition) is 6. The number of phenols is 1. The number of nitrogens with two attached hydrogens (primary N) is 1. The molecule has 0 heterocycles. The van der Waals surface area contributed by atoms with Crippen LogP contribution in [-0.4, -0.2) is 77.0 Å². The van der Waals surface area contributed by atoms with E-state index >= 15 is 0 Å². The molecule has 0 saturated heterocycles. The predicted molar refractivity (Wildman–Crippen MR) is 141 cm³/mol. The van der Waals surface area contributed by atoms with Crippen molar-refractivity contribution in [2.75, 3.05) is 18.8 Å². The number of Topliss-reactive ketones (excluding diaryl/α,β-unsaturated/α-hetero) is 2. The lowest BCUT2D eigenvalue weighted by atomic mass is 9.57. The maximum atomic E-state index is 13.9. The number of aromatic hydroxyl groups is 1. The first-order valence-corrected chi connectivity index (χ1v) is 13.8. The number of fused-ring (bicyclic) bond motifs is 3. The Balaban J connectivity index is 1.64. The third kappa shape index (κ3) is 3.80. The molecule has 1 amide bonds. The fourth-order valence-corrected chi connectivity index (χ4v) is 7.19. The number of sulfonamides is 1. The van der Waals surface area contributed by atoms with Gasteiger partial charge in [-0.3, -0.25) is 24.0 Å². The van der Waals surface area contributed by atoms with Crippen molar-refractivity contribution in [2.45, 2.75) is 29.4 Å². The smallest absolute Gasteiger partial charge is 0.262 e. The second kappa shape index (κ2) is 9.18. The molecule has 2 aromatic carbocycles. The average Bonchev–Trinajstić information content (AvgIpc) is 2.88. The highest BCUT2D eigenvalue weighted by atomic mass is 32.2. The summed E-state index contributed by atoms with van der Waals surface area (Å²) in [5, 5.41) is 44.9. The zero-order valence-electron chi connectivity index (χ0n) is 21.5. The van der Waals surface area contributed by atoms with Gasteiger partial charge in [-0.1, -0.05) is 24.3 Å². The zero-order chi connectivity index (χ0) is 29.3. The number of nitrogens with one attached hydrogen (secondary N) is 1. The molecule has 0 spiro atoms. The number of anilines is 1. The molecule has 3 aliphatic carbocycles. The van der Waals surface area contributed by atoms with Crippen molar-refractivity contribution in [1.29, 1.82) is 0 Å². The van der Waals surface area contributed by atoms with E-state index in [2.05, 4.69) is 4.72 Å². The van der Waals surface area contributed by atoms with Crippen LogP contribution in [0.3, 0.4) is 0 Å². The molecule has 4 unspecified atom stereocenters. The number of hydrogen-bond acceptors (Lipinski definition) is 10. The summed E-state index contributed by atoms with van der Waals surface area (Å²) in [5.41, 5.74) is 1.25. The van der Waals surface area contributed by atoms with E-state index in [0.717, 1.165) is 0 Å². The number of rotatable bonds is 5. The third-order valence-electron chi connectivity index (χ3n) is 7.89. The Morgan fingerprint density at radius 1 is 1.07 bits per heavy atom. The summed E-state index contributed by atoms with van der Waals surface area (Å²) >= 11 is 0. The number of primary amides is 1. The Morgan fingerprint density at radius 3 is 2.33 bits per heavy atom. The topological polar surface area (TPSA) is 208 Å². The number of benzene rings is 2. The minimum Gasteiger partial charge on any atom is -0.508 e. The van der Waals surface area contributed by atoms with Crippen molar-refractivity contribution in [2.24, 2.45) is 17.6 Å². The van der Waals surface area contributed by atoms with E-state index in [9.17, 15) is 43.2 Å². The molecule has 0 aromatic heterocycles. The van der Waals surface area contributed by atoms with Crippen molar-refractivity contribution in [1.82, 2.24) is 4.90 Å². The van der Waals surface area contributed by atoms with E-state index in [0.29, 0.717) is 5.56 Å². The van der Waals surface area contributed by atoms with Gasteiger partial charge in [-0.25, -0.2) is 8.42 Å². The molecular weight excluding hydrogens is 542 g/mol. The van der Waals surface area contributed by atoms with Crippen LogP contribution in [0.5, 0.6) is 5.75 Å². The minimum atomic E-state index is -4.11. The van der Waals surface area contributed by atoms with Gasteiger partial charge in [-0.05, 0) is 56.6 Å². The highest BCUT2D eigenvalue weighted by Gasteiger charge is 2.64. The summed E-state index contributed by atoms with van der Waals surface area (Å²) in [6.07, 6.45) is 0.0444. The van der Waals surface area contributed by atoms with Crippen LogP contribution in [0.2, 0.25) is 0 Å². The Labute approximate surface area is 229 Å². The van der Waals surface area contributed by atoms with Crippen molar-refractivity contribution in [3.05, 3.63) is 70.5 Å². The number of phenolic OH excluding ortho intramolecular Hbond substituents is 1. The van der Waals surface area contributed by atoms with E-state index in [1.165, 1.54) is 55.4 Å². The number of likely N-dealkylation sites (N-methyl/N-ethyl adjacent to an activating group) is 1. The van der Waals surface area contributed by atoms with Gasteiger partial charge in [0.05, 0.1) is 22.2 Å². The van der Waals surface area contributed by atoms with Crippen LogP contribution >= 0.6 is 0 Å². The Kier molecular flexibility index (Phi) is 6.28. The molecule has 0 bridgehead atoms. The van der Waals surface area contributed by atoms with E-state index in [1.807, 2.05) is 0 Å². The van der Waals surface area contributed by atoms with Gasteiger partial charge in [0.2, 0.25) is 5.78 Å². The van der Waals surface area contributed by atoms with Crippen LogP contribution in [-0.2, 0) is 30.8 Å². The third-order valence-corrected chi connectivity index (χ3v) is 9.27. The van der Waals surface area contributed by atoms with E-state index < -0.39 is 73.8 Å². The molecule has 12 nitrogen and oxygen atoms in total. The van der Waals surface area contributed by atoms with Crippen LogP contribution < -0.4 is 10.5 Å². The summed E-state index contributed by atoms with van der Waals surface area (Å²) < 4.78 is 27.9. The number of amides is 1. The molecule has 0 radical (unpaired) electrons.